The zero-order chi connectivity index (χ0) is 7.23. The number of ether oxygens (including phenoxy) is 1. The smallest absolute Gasteiger partial charge is 0.0594 e. The van der Waals surface area contributed by atoms with E-state index < -0.39 is 0 Å². The van der Waals surface area contributed by atoms with Crippen LogP contribution < -0.4 is 0 Å². The van der Waals surface area contributed by atoms with Crippen molar-refractivity contribution in [1.82, 2.24) is 4.90 Å². The van der Waals surface area contributed by atoms with Crippen molar-refractivity contribution < 1.29 is 4.74 Å². The van der Waals surface area contributed by atoms with Crippen LogP contribution in [0.4, 0.5) is 0 Å². The van der Waals surface area contributed by atoms with Crippen molar-refractivity contribution in [3.63, 3.8) is 0 Å². The molecule has 1 rings (SSSR count). The van der Waals surface area contributed by atoms with Gasteiger partial charge in [-0.25, -0.2) is 0 Å². The minimum absolute atomic E-state index is 0.857. The minimum atomic E-state index is 0.857. The maximum Gasteiger partial charge on any atom is 0.0594 e. The predicted octanol–water partition coefficient (Wildman–Crippen LogP) is 1.07. The molecule has 0 saturated carbocycles. The van der Waals surface area contributed by atoms with Gasteiger partial charge < -0.3 is 4.74 Å². The first kappa shape index (κ1) is 8.05. The van der Waals surface area contributed by atoms with E-state index in [1.807, 2.05) is 6.08 Å². The van der Waals surface area contributed by atoms with E-state index in [1.165, 1.54) is 0 Å². The molecule has 58 valence electrons. The second-order valence-electron chi connectivity index (χ2n) is 2.27. The van der Waals surface area contributed by atoms with Crippen molar-refractivity contribution in [2.75, 3.05) is 32.8 Å². The molecule has 0 aliphatic carbocycles. The molecule has 2 nitrogen and oxygen atoms in total. The van der Waals surface area contributed by atoms with Crippen molar-refractivity contribution in [2.45, 2.75) is 0 Å². The van der Waals surface area contributed by atoms with Gasteiger partial charge in [0.2, 0.25) is 0 Å². The van der Waals surface area contributed by atoms with Crippen LogP contribution >= 0.6 is 11.6 Å². The summed E-state index contributed by atoms with van der Waals surface area (Å²) in [5.74, 6) is 0. The van der Waals surface area contributed by atoms with Crippen molar-refractivity contribution in [3.8, 4) is 0 Å². The largest absolute Gasteiger partial charge is 0.379 e. The Hall–Kier alpha value is -0.0500. The zero-order valence-corrected chi connectivity index (χ0v) is 6.68. The van der Waals surface area contributed by atoms with Crippen LogP contribution in [-0.4, -0.2) is 37.7 Å². The molecule has 3 heteroatoms. The van der Waals surface area contributed by atoms with Gasteiger partial charge in [0, 0.05) is 25.2 Å². The Bertz CT molecular complexity index is 110. The Labute approximate surface area is 66.4 Å². The lowest BCUT2D eigenvalue weighted by Crippen LogP contribution is -2.36. The molecule has 0 bridgehead atoms. The Morgan fingerprint density at radius 2 is 2.10 bits per heavy atom. The first-order valence-corrected chi connectivity index (χ1v) is 3.92. The van der Waals surface area contributed by atoms with Crippen molar-refractivity contribution >= 4 is 11.6 Å². The van der Waals surface area contributed by atoms with Crippen LogP contribution in [0.15, 0.2) is 11.6 Å². The summed E-state index contributed by atoms with van der Waals surface area (Å²) < 4.78 is 5.18. The molecule has 1 saturated heterocycles. The van der Waals surface area contributed by atoms with Gasteiger partial charge >= 0.3 is 0 Å². The lowest BCUT2D eigenvalue weighted by atomic mass is 10.4. The molecule has 0 atom stereocenters. The van der Waals surface area contributed by atoms with Gasteiger partial charge in [-0.05, 0) is 0 Å². The lowest BCUT2D eigenvalue weighted by molar-refractivity contribution is 0.0434. The van der Waals surface area contributed by atoms with E-state index in [-0.39, 0.29) is 0 Å². The molecular formula is C7H12ClNO. The lowest BCUT2D eigenvalue weighted by Gasteiger charge is -2.24. The fourth-order valence-electron chi connectivity index (χ4n) is 0.973. The summed E-state index contributed by atoms with van der Waals surface area (Å²) >= 11 is 5.38. The molecule has 0 aromatic rings. The number of nitrogens with zero attached hydrogens (tertiary/aromatic N) is 1. The molecule has 10 heavy (non-hydrogen) atoms. The van der Waals surface area contributed by atoms with Crippen LogP contribution in [-0.2, 0) is 4.74 Å². The van der Waals surface area contributed by atoms with Crippen LogP contribution in [0.1, 0.15) is 0 Å². The fourth-order valence-corrected chi connectivity index (χ4v) is 1.05. The average molecular weight is 162 g/mol. The monoisotopic (exact) mass is 161 g/mol. The summed E-state index contributed by atoms with van der Waals surface area (Å²) in [7, 11) is 0. The van der Waals surface area contributed by atoms with Crippen molar-refractivity contribution in [1.29, 1.82) is 0 Å². The minimum Gasteiger partial charge on any atom is -0.379 e. The third-order valence-corrected chi connectivity index (χ3v) is 1.73. The summed E-state index contributed by atoms with van der Waals surface area (Å²) in [5, 5.41) is 0. The summed E-state index contributed by atoms with van der Waals surface area (Å²) in [6.07, 6.45) is 1.95. The average Bonchev–Trinajstić information content (AvgIpc) is 2.03. The molecule has 0 amide bonds. The van der Waals surface area contributed by atoms with E-state index in [1.54, 1.807) is 5.54 Å². The molecule has 0 spiro atoms. The second kappa shape index (κ2) is 4.72. The van der Waals surface area contributed by atoms with Gasteiger partial charge in [0.05, 0.1) is 13.2 Å². The summed E-state index contributed by atoms with van der Waals surface area (Å²) in [6.45, 7) is 4.72. The zero-order valence-electron chi connectivity index (χ0n) is 5.92. The Balaban J connectivity index is 2.13. The number of hydrogen-bond acceptors (Lipinski definition) is 2. The van der Waals surface area contributed by atoms with Gasteiger partial charge in [-0.1, -0.05) is 17.7 Å². The summed E-state index contributed by atoms with van der Waals surface area (Å²) in [6, 6.07) is 0. The highest BCUT2D eigenvalue weighted by Crippen LogP contribution is 1.96. The highest BCUT2D eigenvalue weighted by atomic mass is 35.5. The van der Waals surface area contributed by atoms with Crippen LogP contribution in [0.5, 0.6) is 0 Å². The van der Waals surface area contributed by atoms with Crippen LogP contribution in [0.3, 0.4) is 0 Å². The molecule has 0 radical (unpaired) electrons. The van der Waals surface area contributed by atoms with E-state index in [2.05, 4.69) is 4.90 Å². The molecule has 1 aliphatic heterocycles. The molecule has 1 heterocycles. The van der Waals surface area contributed by atoms with E-state index in [0.29, 0.717) is 0 Å². The molecule has 0 aromatic heterocycles. The van der Waals surface area contributed by atoms with Crippen LogP contribution in [0, 0.1) is 0 Å². The van der Waals surface area contributed by atoms with Gasteiger partial charge in [-0.2, -0.15) is 0 Å². The first-order chi connectivity index (χ1) is 4.93. The first-order valence-electron chi connectivity index (χ1n) is 3.49. The third-order valence-electron chi connectivity index (χ3n) is 1.56. The highest BCUT2D eigenvalue weighted by molar-refractivity contribution is 6.25. The van der Waals surface area contributed by atoms with Gasteiger partial charge in [-0.15, -0.1) is 0 Å². The number of rotatable bonds is 2. The van der Waals surface area contributed by atoms with Gasteiger partial charge in [0.25, 0.3) is 0 Å². The summed E-state index contributed by atoms with van der Waals surface area (Å²) in [5.41, 5.74) is 1.56. The van der Waals surface area contributed by atoms with Crippen molar-refractivity contribution in [3.05, 3.63) is 11.6 Å². The maximum absolute atomic E-state index is 5.38. The number of hydrogen-bond donors (Lipinski definition) is 0. The van der Waals surface area contributed by atoms with E-state index in [9.17, 15) is 0 Å². The number of morpholine rings is 1. The molecule has 0 aromatic carbocycles. The quantitative estimate of drug-likeness (QED) is 0.601. The van der Waals surface area contributed by atoms with Crippen molar-refractivity contribution in [2.24, 2.45) is 0 Å². The fraction of sp³-hybridized carbons (Fsp3) is 0.714. The van der Waals surface area contributed by atoms with Gasteiger partial charge in [-0.3, -0.25) is 4.90 Å². The van der Waals surface area contributed by atoms with E-state index in [4.69, 9.17) is 16.3 Å². The Kier molecular flexibility index (Phi) is 3.80. The molecule has 1 aliphatic rings. The highest BCUT2D eigenvalue weighted by Gasteiger charge is 2.06. The second-order valence-corrected chi connectivity index (χ2v) is 2.53. The normalized spacial score (nSPS) is 22.1. The topological polar surface area (TPSA) is 12.5 Å². The maximum atomic E-state index is 5.38. The molecule has 0 N–H and O–H groups in total. The van der Waals surface area contributed by atoms with E-state index in [0.717, 1.165) is 32.8 Å². The number of halogens is 1. The molecule has 1 fully saturated rings. The van der Waals surface area contributed by atoms with Crippen LogP contribution in [0.25, 0.3) is 0 Å². The SMILES string of the molecule is Cl/C=C\CN1CCOCC1. The Morgan fingerprint density at radius 1 is 1.40 bits per heavy atom. The summed E-state index contributed by atoms with van der Waals surface area (Å²) in [4.78, 5) is 2.31. The predicted molar refractivity (Wildman–Crippen MR) is 42.3 cm³/mol. The molecule has 0 unspecified atom stereocenters. The Morgan fingerprint density at radius 3 is 2.70 bits per heavy atom. The van der Waals surface area contributed by atoms with Gasteiger partial charge in [0.1, 0.15) is 0 Å². The van der Waals surface area contributed by atoms with Gasteiger partial charge in [0.15, 0.2) is 0 Å². The third kappa shape index (κ3) is 2.69. The van der Waals surface area contributed by atoms with E-state index >= 15 is 0 Å². The molecular weight excluding hydrogens is 150 g/mol. The van der Waals surface area contributed by atoms with Crippen LogP contribution in [0.2, 0.25) is 0 Å². The standard InChI is InChI=1S/C7H12ClNO/c8-2-1-3-9-4-6-10-7-5-9/h1-2H,3-7H2/b2-1-.